The van der Waals surface area contributed by atoms with Crippen LogP contribution in [0.1, 0.15) is 18.9 Å². The van der Waals surface area contributed by atoms with Gasteiger partial charge in [-0.1, -0.05) is 36.2 Å². The summed E-state index contributed by atoms with van der Waals surface area (Å²) in [6.07, 6.45) is 0.113. The number of carbonyl (C=O) groups is 1. The Labute approximate surface area is 199 Å². The highest BCUT2D eigenvalue weighted by Crippen LogP contribution is 2.31. The maximum Gasteiger partial charge on any atom is 0.329 e. The summed E-state index contributed by atoms with van der Waals surface area (Å²) in [6.45, 7) is 3.45. The van der Waals surface area contributed by atoms with E-state index in [1.54, 1.807) is 19.1 Å². The Morgan fingerprint density at radius 1 is 1.12 bits per heavy atom. The van der Waals surface area contributed by atoms with E-state index in [1.807, 2.05) is 6.92 Å². The van der Waals surface area contributed by atoms with Crippen LogP contribution in [0.5, 0.6) is 11.5 Å². The summed E-state index contributed by atoms with van der Waals surface area (Å²) in [5.41, 5.74) is 0.602. The fourth-order valence-corrected chi connectivity index (χ4v) is 4.85. The lowest BCUT2D eigenvalue weighted by Gasteiger charge is -2.16. The van der Waals surface area contributed by atoms with Crippen molar-refractivity contribution in [3.63, 3.8) is 0 Å². The Bertz CT molecular complexity index is 1580. The second kappa shape index (κ2) is 9.09. The van der Waals surface area contributed by atoms with Gasteiger partial charge < -0.3 is 14.3 Å². The third-order valence-corrected chi connectivity index (χ3v) is 6.95. The van der Waals surface area contributed by atoms with Crippen molar-refractivity contribution in [2.24, 2.45) is 0 Å². The summed E-state index contributed by atoms with van der Waals surface area (Å²) < 4.78 is 38.7. The van der Waals surface area contributed by atoms with Crippen LogP contribution in [0.4, 0.5) is 0 Å². The van der Waals surface area contributed by atoms with Crippen molar-refractivity contribution >= 4 is 49.5 Å². The molecule has 3 aromatic carbocycles. The van der Waals surface area contributed by atoms with E-state index in [0.29, 0.717) is 5.02 Å². The molecule has 2 N–H and O–H groups in total. The average Bonchev–Trinajstić information content (AvgIpc) is 2.77. The summed E-state index contributed by atoms with van der Waals surface area (Å²) in [5.74, 6) is -1.45. The van der Waals surface area contributed by atoms with Gasteiger partial charge in [0.1, 0.15) is 34.1 Å². The van der Waals surface area contributed by atoms with Crippen molar-refractivity contribution in [2.75, 3.05) is 0 Å². The summed E-state index contributed by atoms with van der Waals surface area (Å²) in [6, 6.07) is 11.8. The maximum atomic E-state index is 12.8. The summed E-state index contributed by atoms with van der Waals surface area (Å²) in [4.78, 5) is 25.5. The number of fused-ring (bicyclic) bond motifs is 2. The third kappa shape index (κ3) is 4.63. The van der Waals surface area contributed by atoms with Crippen LogP contribution in [0.2, 0.25) is 5.02 Å². The second-order valence-electron chi connectivity index (χ2n) is 7.70. The van der Waals surface area contributed by atoms with Gasteiger partial charge in [-0.2, -0.15) is 4.72 Å². The molecule has 1 unspecified atom stereocenters. The molecule has 176 valence electrons. The van der Waals surface area contributed by atoms with Crippen LogP contribution in [0.3, 0.4) is 0 Å². The number of benzene rings is 3. The molecule has 1 heterocycles. The van der Waals surface area contributed by atoms with Crippen molar-refractivity contribution < 1.29 is 27.5 Å². The first-order valence-electron chi connectivity index (χ1n) is 10.3. The number of aromatic hydroxyl groups is 1. The van der Waals surface area contributed by atoms with Gasteiger partial charge in [0, 0.05) is 23.2 Å². The van der Waals surface area contributed by atoms with Crippen LogP contribution in [-0.4, -0.2) is 25.5 Å². The molecule has 1 atom stereocenters. The molecule has 34 heavy (non-hydrogen) atoms. The number of nitrogens with one attached hydrogen (secondary N) is 1. The number of rotatable bonds is 6. The van der Waals surface area contributed by atoms with Gasteiger partial charge in [0.25, 0.3) is 0 Å². The van der Waals surface area contributed by atoms with Gasteiger partial charge in [-0.15, -0.1) is 0 Å². The molecule has 8 nitrogen and oxygen atoms in total. The Balaban J connectivity index is 1.64. The average molecular weight is 502 g/mol. The molecule has 0 saturated carbocycles. The highest BCUT2D eigenvalue weighted by molar-refractivity contribution is 7.89. The number of sulfonamides is 1. The first kappa shape index (κ1) is 23.7. The van der Waals surface area contributed by atoms with E-state index in [0.717, 1.165) is 11.6 Å². The smallest absolute Gasteiger partial charge is 0.329 e. The number of phenols is 1. The molecule has 0 saturated heterocycles. The Morgan fingerprint density at radius 2 is 1.82 bits per heavy atom. The fraction of sp³-hybridized carbons (Fsp3) is 0.167. The number of hydrogen-bond acceptors (Lipinski definition) is 7. The number of aryl methyl sites for hydroxylation is 1. The number of carbonyl (C=O) groups excluding carboxylic acids is 1. The summed E-state index contributed by atoms with van der Waals surface area (Å²) in [5, 5.41) is 10.9. The molecular formula is C24H20ClNO7S. The molecule has 10 heteroatoms. The molecule has 4 aromatic rings. The number of phenolic OH excluding ortho intramolecular Hbond substituents is 1. The molecule has 0 aliphatic carbocycles. The molecule has 0 amide bonds. The quantitative estimate of drug-likeness (QED) is 0.229. The van der Waals surface area contributed by atoms with Crippen LogP contribution in [-0.2, 0) is 14.8 Å². The van der Waals surface area contributed by atoms with Crippen LogP contribution >= 0.6 is 11.6 Å². The number of halogens is 1. The molecule has 0 spiro atoms. The molecule has 0 radical (unpaired) electrons. The third-order valence-electron chi connectivity index (χ3n) is 5.23. The van der Waals surface area contributed by atoms with Crippen molar-refractivity contribution in [3.05, 3.63) is 75.4 Å². The predicted octanol–water partition coefficient (Wildman–Crippen LogP) is 4.28. The lowest BCUT2D eigenvalue weighted by Crippen LogP contribution is -2.42. The fourth-order valence-electron chi connectivity index (χ4n) is 3.42. The molecule has 0 fully saturated rings. The highest BCUT2D eigenvalue weighted by atomic mass is 35.5. The van der Waals surface area contributed by atoms with Crippen LogP contribution in [0.15, 0.2) is 68.7 Å². The van der Waals surface area contributed by atoms with E-state index in [1.165, 1.54) is 36.4 Å². The monoisotopic (exact) mass is 501 g/mol. The molecule has 4 rings (SSSR count). The standard InChI is InChI=1S/C24H20ClNO7S/c1-3-18(26-34(30,31)16-7-4-13(2)5-8-16)24(29)32-15-11-19(27)22-21(12-15)33-20-10-14(25)6-9-17(20)23(22)28/h4-12,18,26-27H,3H2,1-2H3. The first-order chi connectivity index (χ1) is 16.1. The zero-order valence-electron chi connectivity index (χ0n) is 18.2. The SMILES string of the molecule is CCC(NS(=O)(=O)c1ccc(C)cc1)C(=O)Oc1cc(O)c2c(=O)c3ccc(Cl)cc3oc2c1. The topological polar surface area (TPSA) is 123 Å². The Kier molecular flexibility index (Phi) is 6.35. The van der Waals surface area contributed by atoms with Crippen molar-refractivity contribution in [1.82, 2.24) is 4.72 Å². The van der Waals surface area contributed by atoms with E-state index in [4.69, 9.17) is 20.8 Å². The zero-order chi connectivity index (χ0) is 24.6. The minimum Gasteiger partial charge on any atom is -0.507 e. The van der Waals surface area contributed by atoms with Crippen molar-refractivity contribution in [2.45, 2.75) is 31.2 Å². The van der Waals surface area contributed by atoms with Crippen molar-refractivity contribution in [3.8, 4) is 11.5 Å². The van der Waals surface area contributed by atoms with Gasteiger partial charge >= 0.3 is 5.97 Å². The first-order valence-corrected chi connectivity index (χ1v) is 12.1. The van der Waals surface area contributed by atoms with Gasteiger partial charge in [0.05, 0.1) is 10.3 Å². The van der Waals surface area contributed by atoms with Gasteiger partial charge in [-0.25, -0.2) is 13.2 Å². The molecule has 1 aromatic heterocycles. The maximum absolute atomic E-state index is 12.8. The van der Waals surface area contributed by atoms with E-state index < -0.39 is 33.2 Å². The number of ether oxygens (including phenoxy) is 1. The Morgan fingerprint density at radius 3 is 2.50 bits per heavy atom. The highest BCUT2D eigenvalue weighted by Gasteiger charge is 2.26. The van der Waals surface area contributed by atoms with Gasteiger partial charge in [0.15, 0.2) is 0 Å². The minimum absolute atomic E-state index is 0.0139. The van der Waals surface area contributed by atoms with E-state index in [2.05, 4.69) is 4.72 Å². The molecule has 0 aliphatic rings. The summed E-state index contributed by atoms with van der Waals surface area (Å²) >= 11 is 5.97. The largest absolute Gasteiger partial charge is 0.507 e. The lowest BCUT2D eigenvalue weighted by atomic mass is 10.1. The molecule has 0 bridgehead atoms. The van der Waals surface area contributed by atoms with Crippen LogP contribution in [0, 0.1) is 6.92 Å². The Hall–Kier alpha value is -3.40. The number of esters is 1. The van der Waals surface area contributed by atoms with Gasteiger partial charge in [-0.05, 0) is 37.6 Å². The van der Waals surface area contributed by atoms with Gasteiger partial charge in [0.2, 0.25) is 15.5 Å². The molecule has 0 aliphatic heterocycles. The van der Waals surface area contributed by atoms with E-state index >= 15 is 0 Å². The lowest BCUT2D eigenvalue weighted by molar-refractivity contribution is -0.136. The van der Waals surface area contributed by atoms with Crippen LogP contribution in [0.25, 0.3) is 21.9 Å². The molecular weight excluding hydrogens is 482 g/mol. The van der Waals surface area contributed by atoms with Crippen LogP contribution < -0.4 is 14.9 Å². The zero-order valence-corrected chi connectivity index (χ0v) is 19.7. The predicted molar refractivity (Wildman–Crippen MR) is 128 cm³/mol. The normalized spacial score (nSPS) is 12.7. The summed E-state index contributed by atoms with van der Waals surface area (Å²) in [7, 11) is -3.98. The van der Waals surface area contributed by atoms with E-state index in [-0.39, 0.29) is 39.0 Å². The van der Waals surface area contributed by atoms with E-state index in [9.17, 15) is 23.1 Å². The second-order valence-corrected chi connectivity index (χ2v) is 9.85. The van der Waals surface area contributed by atoms with Crippen molar-refractivity contribution in [1.29, 1.82) is 0 Å². The number of hydrogen-bond donors (Lipinski definition) is 2. The minimum atomic E-state index is -3.98. The van der Waals surface area contributed by atoms with Gasteiger partial charge in [-0.3, -0.25) is 4.79 Å².